The van der Waals surface area contributed by atoms with Gasteiger partial charge in [0, 0.05) is 31.9 Å². The Morgan fingerprint density at radius 1 is 1.50 bits per heavy atom. The van der Waals surface area contributed by atoms with Crippen LogP contribution >= 0.6 is 0 Å². The smallest absolute Gasteiger partial charge is 0.237 e. The second-order valence-corrected chi connectivity index (χ2v) is 5.39. The number of para-hydroxylation sites is 1. The third-order valence-corrected chi connectivity index (χ3v) is 3.82. The van der Waals surface area contributed by atoms with Crippen molar-refractivity contribution >= 4 is 11.6 Å². The van der Waals surface area contributed by atoms with Gasteiger partial charge in [0.1, 0.15) is 0 Å². The van der Waals surface area contributed by atoms with Crippen molar-refractivity contribution in [2.45, 2.75) is 31.5 Å². The van der Waals surface area contributed by atoms with Gasteiger partial charge in [-0.1, -0.05) is 18.2 Å². The van der Waals surface area contributed by atoms with E-state index in [-0.39, 0.29) is 18.0 Å². The van der Waals surface area contributed by atoms with E-state index in [1.165, 1.54) is 0 Å². The molecule has 1 aliphatic rings. The van der Waals surface area contributed by atoms with Crippen LogP contribution in [0.4, 0.5) is 5.69 Å². The largest absolute Gasteiger partial charge is 0.392 e. The first-order valence-electron chi connectivity index (χ1n) is 7.05. The highest BCUT2D eigenvalue weighted by atomic mass is 16.3. The van der Waals surface area contributed by atoms with Gasteiger partial charge >= 0.3 is 0 Å². The van der Waals surface area contributed by atoms with Gasteiger partial charge in [-0.3, -0.25) is 4.79 Å². The third-order valence-electron chi connectivity index (χ3n) is 3.82. The van der Waals surface area contributed by atoms with Gasteiger partial charge in [0.25, 0.3) is 0 Å². The van der Waals surface area contributed by atoms with Crippen LogP contribution < -0.4 is 15.5 Å². The van der Waals surface area contributed by atoms with E-state index in [0.717, 1.165) is 5.69 Å². The summed E-state index contributed by atoms with van der Waals surface area (Å²) >= 11 is 0. The van der Waals surface area contributed by atoms with Crippen molar-refractivity contribution in [3.63, 3.8) is 0 Å². The van der Waals surface area contributed by atoms with Gasteiger partial charge in [0.15, 0.2) is 0 Å². The summed E-state index contributed by atoms with van der Waals surface area (Å²) in [6, 6.07) is 10.0. The SMILES string of the molecule is CC(CNC(=O)C1CC(O)CN1)N(C)c1ccccc1. The topological polar surface area (TPSA) is 64.6 Å². The molecule has 0 aromatic heterocycles. The van der Waals surface area contributed by atoms with Crippen molar-refractivity contribution in [1.29, 1.82) is 0 Å². The molecule has 0 bridgehead atoms. The maximum absolute atomic E-state index is 12.0. The van der Waals surface area contributed by atoms with Crippen LogP contribution in [0.25, 0.3) is 0 Å². The highest BCUT2D eigenvalue weighted by molar-refractivity contribution is 5.82. The molecule has 3 atom stereocenters. The van der Waals surface area contributed by atoms with Crippen LogP contribution in [0.2, 0.25) is 0 Å². The summed E-state index contributed by atoms with van der Waals surface area (Å²) in [5.74, 6) is -0.0325. The number of β-amino-alcohol motifs (C(OH)–C–C–N with tert-alkyl or cyclic N) is 1. The Hall–Kier alpha value is -1.59. The Balaban J connectivity index is 1.80. The monoisotopic (exact) mass is 277 g/mol. The van der Waals surface area contributed by atoms with Crippen molar-refractivity contribution < 1.29 is 9.90 Å². The number of aliphatic hydroxyl groups is 1. The van der Waals surface area contributed by atoms with E-state index in [2.05, 4.69) is 22.5 Å². The first-order valence-corrected chi connectivity index (χ1v) is 7.05. The number of nitrogens with one attached hydrogen (secondary N) is 2. The van der Waals surface area contributed by atoms with Gasteiger partial charge in [-0.2, -0.15) is 0 Å². The van der Waals surface area contributed by atoms with Crippen molar-refractivity contribution in [3.05, 3.63) is 30.3 Å². The molecular weight excluding hydrogens is 254 g/mol. The minimum absolute atomic E-state index is 0.0325. The Kier molecular flexibility index (Phi) is 4.98. The van der Waals surface area contributed by atoms with Gasteiger partial charge in [-0.15, -0.1) is 0 Å². The van der Waals surface area contributed by atoms with Gasteiger partial charge < -0.3 is 20.6 Å². The zero-order chi connectivity index (χ0) is 14.5. The van der Waals surface area contributed by atoms with Crippen LogP contribution in [0, 0.1) is 0 Å². The molecule has 1 aromatic rings. The summed E-state index contributed by atoms with van der Waals surface area (Å²) in [6.45, 7) is 3.15. The fourth-order valence-corrected chi connectivity index (χ4v) is 2.34. The molecule has 5 nitrogen and oxygen atoms in total. The number of carbonyl (C=O) groups excluding carboxylic acids is 1. The molecule has 1 saturated heterocycles. The number of hydrogen-bond donors (Lipinski definition) is 3. The van der Waals surface area contributed by atoms with Crippen LogP contribution in [0.5, 0.6) is 0 Å². The molecule has 3 unspecified atom stereocenters. The summed E-state index contributed by atoms with van der Waals surface area (Å²) in [4.78, 5) is 14.1. The number of likely N-dealkylation sites (N-methyl/N-ethyl adjacent to an activating group) is 1. The van der Waals surface area contributed by atoms with Gasteiger partial charge in [0.2, 0.25) is 5.91 Å². The zero-order valence-corrected chi connectivity index (χ0v) is 12.0. The summed E-state index contributed by atoms with van der Waals surface area (Å²) in [6.07, 6.45) is 0.0875. The van der Waals surface area contributed by atoms with Crippen LogP contribution in [-0.4, -0.2) is 49.3 Å². The lowest BCUT2D eigenvalue weighted by molar-refractivity contribution is -0.122. The quantitative estimate of drug-likeness (QED) is 0.727. The maximum atomic E-state index is 12.0. The average molecular weight is 277 g/mol. The predicted molar refractivity (Wildman–Crippen MR) is 79.7 cm³/mol. The second kappa shape index (κ2) is 6.72. The number of amides is 1. The van der Waals surface area contributed by atoms with Crippen molar-refractivity contribution in [2.24, 2.45) is 0 Å². The lowest BCUT2D eigenvalue weighted by Crippen LogP contribution is -2.46. The molecule has 0 saturated carbocycles. The van der Waals surface area contributed by atoms with Gasteiger partial charge in [-0.25, -0.2) is 0 Å². The molecule has 5 heteroatoms. The van der Waals surface area contributed by atoms with Gasteiger partial charge in [-0.05, 0) is 25.5 Å². The van der Waals surface area contributed by atoms with E-state index in [4.69, 9.17) is 0 Å². The average Bonchev–Trinajstić information content (AvgIpc) is 2.91. The third kappa shape index (κ3) is 3.71. The number of anilines is 1. The van der Waals surface area contributed by atoms with Crippen LogP contribution in [0.3, 0.4) is 0 Å². The minimum Gasteiger partial charge on any atom is -0.392 e. The Morgan fingerprint density at radius 3 is 2.80 bits per heavy atom. The van der Waals surface area contributed by atoms with E-state index in [1.54, 1.807) is 0 Å². The molecule has 0 spiro atoms. The summed E-state index contributed by atoms with van der Waals surface area (Å²) in [5.41, 5.74) is 1.13. The Bertz CT molecular complexity index is 438. The number of nitrogens with zero attached hydrogens (tertiary/aromatic N) is 1. The molecule has 20 heavy (non-hydrogen) atoms. The minimum atomic E-state index is -0.407. The molecule has 1 amide bonds. The second-order valence-electron chi connectivity index (χ2n) is 5.39. The molecule has 1 aromatic carbocycles. The van der Waals surface area contributed by atoms with E-state index < -0.39 is 6.10 Å². The molecule has 0 aliphatic carbocycles. The fourth-order valence-electron chi connectivity index (χ4n) is 2.34. The normalized spacial score (nSPS) is 23.4. The first kappa shape index (κ1) is 14.8. The number of benzene rings is 1. The van der Waals surface area contributed by atoms with Crippen molar-refractivity contribution in [1.82, 2.24) is 10.6 Å². The highest BCUT2D eigenvalue weighted by Crippen LogP contribution is 2.13. The number of aliphatic hydroxyl groups excluding tert-OH is 1. The molecular formula is C15H23N3O2. The molecule has 2 rings (SSSR count). The van der Waals surface area contributed by atoms with Crippen LogP contribution in [0.1, 0.15) is 13.3 Å². The zero-order valence-electron chi connectivity index (χ0n) is 12.0. The molecule has 3 N–H and O–H groups in total. The summed E-state index contributed by atoms with van der Waals surface area (Å²) < 4.78 is 0. The Labute approximate surface area is 120 Å². The molecule has 1 heterocycles. The molecule has 0 radical (unpaired) electrons. The molecule has 1 fully saturated rings. The van der Waals surface area contributed by atoms with Gasteiger partial charge in [0.05, 0.1) is 12.1 Å². The number of hydrogen-bond acceptors (Lipinski definition) is 4. The van der Waals surface area contributed by atoms with E-state index in [0.29, 0.717) is 19.5 Å². The highest BCUT2D eigenvalue weighted by Gasteiger charge is 2.28. The van der Waals surface area contributed by atoms with Crippen molar-refractivity contribution in [3.8, 4) is 0 Å². The predicted octanol–water partition coefficient (Wildman–Crippen LogP) is 0.350. The van der Waals surface area contributed by atoms with E-state index >= 15 is 0 Å². The summed E-state index contributed by atoms with van der Waals surface area (Å²) in [5, 5.41) is 15.4. The van der Waals surface area contributed by atoms with E-state index in [1.807, 2.05) is 37.4 Å². The molecule has 110 valence electrons. The lowest BCUT2D eigenvalue weighted by Gasteiger charge is -2.27. The first-order chi connectivity index (χ1) is 9.58. The summed E-state index contributed by atoms with van der Waals surface area (Å²) in [7, 11) is 2.02. The number of rotatable bonds is 5. The Morgan fingerprint density at radius 2 is 2.20 bits per heavy atom. The van der Waals surface area contributed by atoms with Crippen molar-refractivity contribution in [2.75, 3.05) is 25.0 Å². The molecule has 1 aliphatic heterocycles. The maximum Gasteiger partial charge on any atom is 0.237 e. The number of carbonyl (C=O) groups is 1. The van der Waals surface area contributed by atoms with Crippen LogP contribution in [0.15, 0.2) is 30.3 Å². The fraction of sp³-hybridized carbons (Fsp3) is 0.533. The lowest BCUT2D eigenvalue weighted by atomic mass is 10.2. The van der Waals surface area contributed by atoms with Crippen LogP contribution in [-0.2, 0) is 4.79 Å². The standard InChI is InChI=1S/C15H23N3O2/c1-11(18(2)12-6-4-3-5-7-12)9-17-15(20)14-8-13(19)10-16-14/h3-7,11,13-14,16,19H,8-10H2,1-2H3,(H,17,20). The van der Waals surface area contributed by atoms with E-state index in [9.17, 15) is 9.90 Å².